The lowest BCUT2D eigenvalue weighted by Crippen LogP contribution is -2.37. The zero-order chi connectivity index (χ0) is 20.0. The first kappa shape index (κ1) is 21.0. The highest BCUT2D eigenvalue weighted by atomic mass is 32.2. The first-order valence-corrected chi connectivity index (χ1v) is 11.9. The molecule has 1 amide bonds. The molecule has 2 N–H and O–H groups in total. The summed E-state index contributed by atoms with van der Waals surface area (Å²) >= 11 is 1.12. The Morgan fingerprint density at radius 3 is 2.71 bits per heavy atom. The number of likely N-dealkylation sites (tertiary alicyclic amines) is 1. The summed E-state index contributed by atoms with van der Waals surface area (Å²) in [7, 11) is -3.63. The summed E-state index contributed by atoms with van der Waals surface area (Å²) in [6, 6.07) is 11.3. The van der Waals surface area contributed by atoms with E-state index in [0.29, 0.717) is 6.54 Å². The van der Waals surface area contributed by atoms with Crippen LogP contribution in [0.2, 0.25) is 0 Å². The Labute approximate surface area is 171 Å². The lowest BCUT2D eigenvalue weighted by Gasteiger charge is -2.31. The number of sulfonamides is 1. The van der Waals surface area contributed by atoms with E-state index in [9.17, 15) is 13.2 Å². The van der Waals surface area contributed by atoms with Gasteiger partial charge in [-0.25, -0.2) is 13.1 Å². The van der Waals surface area contributed by atoms with Gasteiger partial charge in [-0.2, -0.15) is 0 Å². The van der Waals surface area contributed by atoms with E-state index in [0.717, 1.165) is 42.5 Å². The molecule has 152 valence electrons. The number of carbonyl (C=O) groups is 1. The number of rotatable bonds is 8. The predicted molar refractivity (Wildman–Crippen MR) is 111 cm³/mol. The van der Waals surface area contributed by atoms with Gasteiger partial charge in [0.05, 0.1) is 6.54 Å². The smallest absolute Gasteiger partial charge is 0.250 e. The molecule has 0 radical (unpaired) electrons. The summed E-state index contributed by atoms with van der Waals surface area (Å²) in [5.74, 6) is 0.374. The van der Waals surface area contributed by atoms with Crippen molar-refractivity contribution in [3.63, 3.8) is 0 Å². The van der Waals surface area contributed by atoms with Crippen LogP contribution in [0.3, 0.4) is 0 Å². The summed E-state index contributed by atoms with van der Waals surface area (Å²) in [4.78, 5) is 14.6. The molecule has 3 rings (SSSR count). The predicted octanol–water partition coefficient (Wildman–Crippen LogP) is 2.57. The van der Waals surface area contributed by atoms with Crippen molar-refractivity contribution < 1.29 is 13.2 Å². The van der Waals surface area contributed by atoms with E-state index in [4.69, 9.17) is 0 Å². The van der Waals surface area contributed by atoms with Gasteiger partial charge in [0.25, 0.3) is 10.0 Å². The van der Waals surface area contributed by atoms with Crippen molar-refractivity contribution in [2.24, 2.45) is 5.92 Å². The van der Waals surface area contributed by atoms with Crippen LogP contribution in [0.1, 0.15) is 30.9 Å². The van der Waals surface area contributed by atoms with Crippen molar-refractivity contribution in [1.82, 2.24) is 14.9 Å². The molecule has 1 atom stereocenters. The second kappa shape index (κ2) is 9.65. The highest BCUT2D eigenvalue weighted by Gasteiger charge is 2.18. The minimum Gasteiger partial charge on any atom is -0.351 e. The Kier molecular flexibility index (Phi) is 7.23. The largest absolute Gasteiger partial charge is 0.351 e. The minimum absolute atomic E-state index is 0.210. The van der Waals surface area contributed by atoms with Crippen molar-refractivity contribution in [3.05, 3.63) is 52.9 Å². The summed E-state index contributed by atoms with van der Waals surface area (Å²) in [5, 5.41) is 4.51. The topological polar surface area (TPSA) is 78.5 Å². The fraction of sp³-hybridized carbons (Fsp3) is 0.450. The van der Waals surface area contributed by atoms with Crippen molar-refractivity contribution in [2.75, 3.05) is 19.6 Å². The van der Waals surface area contributed by atoms with E-state index in [1.165, 1.54) is 24.5 Å². The number of carbonyl (C=O) groups excluding carboxylic acids is 1. The first-order valence-electron chi connectivity index (χ1n) is 9.53. The van der Waals surface area contributed by atoms with Crippen molar-refractivity contribution in [2.45, 2.75) is 37.1 Å². The summed E-state index contributed by atoms with van der Waals surface area (Å²) < 4.78 is 26.7. The Morgan fingerprint density at radius 2 is 2.00 bits per heavy atom. The van der Waals surface area contributed by atoms with Crippen LogP contribution in [0.5, 0.6) is 0 Å². The highest BCUT2D eigenvalue weighted by molar-refractivity contribution is 7.91. The molecule has 1 fully saturated rings. The molecule has 1 aromatic heterocycles. The maximum absolute atomic E-state index is 12.1. The molecule has 1 unspecified atom stereocenters. The second-order valence-corrected chi connectivity index (χ2v) is 10.2. The van der Waals surface area contributed by atoms with Gasteiger partial charge in [-0.15, -0.1) is 11.3 Å². The van der Waals surface area contributed by atoms with Crippen LogP contribution in [0.15, 0.2) is 46.0 Å². The SMILES string of the molecule is CC1CCCN(Cc2ccccc2CNC(=O)CNS(=O)(=O)c2cccs2)C1. The Bertz CT molecular complexity index is 882. The molecule has 6 nitrogen and oxygen atoms in total. The second-order valence-electron chi connectivity index (χ2n) is 7.28. The third-order valence-electron chi connectivity index (χ3n) is 4.91. The molecule has 0 aliphatic carbocycles. The molecule has 2 heterocycles. The van der Waals surface area contributed by atoms with Gasteiger partial charge in [-0.1, -0.05) is 37.3 Å². The molecule has 1 saturated heterocycles. The maximum Gasteiger partial charge on any atom is 0.250 e. The average Bonchev–Trinajstić information content (AvgIpc) is 3.22. The zero-order valence-corrected chi connectivity index (χ0v) is 17.7. The summed E-state index contributed by atoms with van der Waals surface area (Å²) in [6.45, 7) is 5.49. The van der Waals surface area contributed by atoms with E-state index in [-0.39, 0.29) is 16.7 Å². The molecule has 2 aromatic rings. The average molecular weight is 422 g/mol. The quantitative estimate of drug-likeness (QED) is 0.687. The van der Waals surface area contributed by atoms with Gasteiger partial charge in [-0.3, -0.25) is 9.69 Å². The van der Waals surface area contributed by atoms with Crippen molar-refractivity contribution in [1.29, 1.82) is 0 Å². The van der Waals surface area contributed by atoms with Gasteiger partial charge in [0, 0.05) is 19.6 Å². The molecule has 1 aliphatic heterocycles. The molecule has 0 spiro atoms. The highest BCUT2D eigenvalue weighted by Crippen LogP contribution is 2.19. The number of amides is 1. The van der Waals surface area contributed by atoms with Gasteiger partial charge in [0.2, 0.25) is 5.91 Å². The van der Waals surface area contributed by atoms with Gasteiger partial charge in [0.1, 0.15) is 4.21 Å². The Balaban J connectivity index is 1.52. The standard InChI is InChI=1S/C20H27N3O3S2/c1-16-6-4-10-23(14-16)15-18-8-3-2-7-17(18)12-21-19(24)13-22-28(25,26)20-9-5-11-27-20/h2-3,5,7-9,11,16,22H,4,6,10,12-15H2,1H3,(H,21,24). The van der Waals surface area contributed by atoms with Gasteiger partial charge >= 0.3 is 0 Å². The van der Waals surface area contributed by atoms with Crippen LogP contribution < -0.4 is 10.0 Å². The lowest BCUT2D eigenvalue weighted by atomic mass is 9.99. The molecule has 1 aromatic carbocycles. The number of nitrogens with one attached hydrogen (secondary N) is 2. The van der Waals surface area contributed by atoms with Crippen LogP contribution in [0.25, 0.3) is 0 Å². The zero-order valence-electron chi connectivity index (χ0n) is 16.1. The van der Waals surface area contributed by atoms with Crippen molar-refractivity contribution >= 4 is 27.3 Å². The van der Waals surface area contributed by atoms with Crippen molar-refractivity contribution in [3.8, 4) is 0 Å². The molecular formula is C20H27N3O3S2. The molecular weight excluding hydrogens is 394 g/mol. The van der Waals surface area contributed by atoms with Gasteiger partial charge < -0.3 is 5.32 Å². The van der Waals surface area contributed by atoms with E-state index in [1.807, 2.05) is 18.2 Å². The Hall–Kier alpha value is -1.74. The summed E-state index contributed by atoms with van der Waals surface area (Å²) in [5.41, 5.74) is 2.27. The van der Waals surface area contributed by atoms with E-state index in [2.05, 4.69) is 27.9 Å². The number of nitrogens with zero attached hydrogens (tertiary/aromatic N) is 1. The third kappa shape index (κ3) is 5.88. The monoisotopic (exact) mass is 421 g/mol. The van der Waals surface area contributed by atoms with E-state index < -0.39 is 10.0 Å². The Morgan fingerprint density at radius 1 is 1.21 bits per heavy atom. The fourth-order valence-electron chi connectivity index (χ4n) is 3.46. The normalized spacial score (nSPS) is 18.1. The number of piperidine rings is 1. The minimum atomic E-state index is -3.63. The molecule has 0 saturated carbocycles. The first-order chi connectivity index (χ1) is 13.4. The van der Waals surface area contributed by atoms with E-state index in [1.54, 1.807) is 11.4 Å². The molecule has 28 heavy (non-hydrogen) atoms. The van der Waals surface area contributed by atoms with Crippen LogP contribution in [0, 0.1) is 5.92 Å². The van der Waals surface area contributed by atoms with Gasteiger partial charge in [0.15, 0.2) is 0 Å². The third-order valence-corrected chi connectivity index (χ3v) is 7.71. The van der Waals surface area contributed by atoms with Crippen LogP contribution in [-0.2, 0) is 27.9 Å². The molecule has 0 bridgehead atoms. The number of benzene rings is 1. The van der Waals surface area contributed by atoms with Gasteiger partial charge in [-0.05, 0) is 47.9 Å². The number of thiophene rings is 1. The number of hydrogen-bond donors (Lipinski definition) is 2. The fourth-order valence-corrected chi connectivity index (χ4v) is 5.48. The molecule has 8 heteroatoms. The lowest BCUT2D eigenvalue weighted by molar-refractivity contribution is -0.120. The summed E-state index contributed by atoms with van der Waals surface area (Å²) in [6.07, 6.45) is 2.51. The molecule has 1 aliphatic rings. The maximum atomic E-state index is 12.1. The van der Waals surface area contributed by atoms with Crippen LogP contribution in [-0.4, -0.2) is 38.9 Å². The number of hydrogen-bond acceptors (Lipinski definition) is 5. The van der Waals surface area contributed by atoms with E-state index >= 15 is 0 Å². The van der Waals surface area contributed by atoms with Crippen LogP contribution in [0.4, 0.5) is 0 Å². The van der Waals surface area contributed by atoms with Crippen LogP contribution >= 0.6 is 11.3 Å².